The molecule has 0 aliphatic rings. The van der Waals surface area contributed by atoms with E-state index in [1.807, 2.05) is 48.7 Å². The lowest BCUT2D eigenvalue weighted by molar-refractivity contribution is 0.414. The predicted octanol–water partition coefficient (Wildman–Crippen LogP) is 4.17. The maximum Gasteiger partial charge on any atom is 0.236 e. The second-order valence-corrected chi connectivity index (χ2v) is 7.48. The molecular formula is C17H17NO3S2. The van der Waals surface area contributed by atoms with Crippen LogP contribution in [0.5, 0.6) is 5.75 Å². The highest BCUT2D eigenvalue weighted by atomic mass is 32.2. The zero-order valence-electron chi connectivity index (χ0n) is 12.9. The van der Waals surface area contributed by atoms with Gasteiger partial charge in [-0.1, -0.05) is 18.2 Å². The number of rotatable bonds is 6. The van der Waals surface area contributed by atoms with Crippen LogP contribution in [0.25, 0.3) is 10.8 Å². The number of aryl methyl sites for hydroxylation is 1. The third kappa shape index (κ3) is 3.89. The number of hydrogen-bond donors (Lipinski definition) is 0. The van der Waals surface area contributed by atoms with Crippen molar-refractivity contribution < 1.29 is 13.4 Å². The first-order valence-corrected chi connectivity index (χ1v) is 9.50. The molecule has 0 spiro atoms. The van der Waals surface area contributed by atoms with E-state index in [9.17, 15) is 4.21 Å². The van der Waals surface area contributed by atoms with E-state index < -0.39 is 10.8 Å². The van der Waals surface area contributed by atoms with Crippen LogP contribution in [-0.2, 0) is 22.3 Å². The van der Waals surface area contributed by atoms with Gasteiger partial charge in [0.1, 0.15) is 11.5 Å². The molecule has 2 aromatic heterocycles. The molecule has 120 valence electrons. The Morgan fingerprint density at radius 3 is 2.87 bits per heavy atom. The maximum atomic E-state index is 12.4. The van der Waals surface area contributed by atoms with Crippen LogP contribution in [-0.4, -0.2) is 16.3 Å². The highest BCUT2D eigenvalue weighted by molar-refractivity contribution is 7.83. The summed E-state index contributed by atoms with van der Waals surface area (Å²) in [5.74, 6) is 2.96. The quantitative estimate of drug-likeness (QED) is 0.671. The summed E-state index contributed by atoms with van der Waals surface area (Å²) in [5, 5.41) is 1.98. The Kier molecular flexibility index (Phi) is 4.93. The molecule has 1 atom stereocenters. The van der Waals surface area contributed by atoms with Gasteiger partial charge in [0.2, 0.25) is 5.89 Å². The van der Waals surface area contributed by atoms with Gasteiger partial charge in [0.15, 0.2) is 0 Å². The molecule has 0 radical (unpaired) electrons. The zero-order chi connectivity index (χ0) is 16.2. The Morgan fingerprint density at radius 1 is 1.26 bits per heavy atom. The van der Waals surface area contributed by atoms with Crippen molar-refractivity contribution in [2.75, 3.05) is 7.11 Å². The van der Waals surface area contributed by atoms with E-state index in [4.69, 9.17) is 9.15 Å². The van der Waals surface area contributed by atoms with E-state index in [0.29, 0.717) is 17.4 Å². The van der Waals surface area contributed by atoms with Crippen molar-refractivity contribution in [1.82, 2.24) is 4.98 Å². The molecule has 3 aromatic rings. The van der Waals surface area contributed by atoms with Gasteiger partial charge >= 0.3 is 0 Å². The molecule has 0 aliphatic carbocycles. The standard InChI is InChI=1S/C17H17NO3S2/c1-12-15(18-17(21-12)16-7-4-8-22-16)11-23(19)10-13-5-3-6-14(9-13)20-2/h3-9H,10-11H2,1-2H3/t23-/m1/s1. The summed E-state index contributed by atoms with van der Waals surface area (Å²) in [6.07, 6.45) is 0. The van der Waals surface area contributed by atoms with E-state index in [-0.39, 0.29) is 0 Å². The Morgan fingerprint density at radius 2 is 2.13 bits per heavy atom. The minimum Gasteiger partial charge on any atom is -0.497 e. The van der Waals surface area contributed by atoms with Crippen LogP contribution in [0.2, 0.25) is 0 Å². The van der Waals surface area contributed by atoms with Gasteiger partial charge in [-0.2, -0.15) is 0 Å². The van der Waals surface area contributed by atoms with Gasteiger partial charge in [-0.3, -0.25) is 4.21 Å². The van der Waals surface area contributed by atoms with Crippen molar-refractivity contribution in [1.29, 1.82) is 0 Å². The number of thiophene rings is 1. The van der Waals surface area contributed by atoms with Crippen LogP contribution >= 0.6 is 11.3 Å². The van der Waals surface area contributed by atoms with Gasteiger partial charge in [0, 0.05) is 16.6 Å². The molecule has 4 nitrogen and oxygen atoms in total. The van der Waals surface area contributed by atoms with E-state index in [1.54, 1.807) is 18.4 Å². The molecule has 0 unspecified atom stereocenters. The maximum absolute atomic E-state index is 12.4. The lowest BCUT2D eigenvalue weighted by Gasteiger charge is -2.04. The molecule has 0 bridgehead atoms. The number of hydrogen-bond acceptors (Lipinski definition) is 5. The summed E-state index contributed by atoms with van der Waals surface area (Å²) in [6.45, 7) is 1.86. The topological polar surface area (TPSA) is 52.3 Å². The number of aromatic nitrogens is 1. The average molecular weight is 347 g/mol. The fraction of sp³-hybridized carbons (Fsp3) is 0.235. The molecule has 6 heteroatoms. The number of methoxy groups -OCH3 is 1. The largest absolute Gasteiger partial charge is 0.497 e. The van der Waals surface area contributed by atoms with Gasteiger partial charge in [0.25, 0.3) is 0 Å². The van der Waals surface area contributed by atoms with Gasteiger partial charge in [-0.25, -0.2) is 4.98 Å². The Balaban J connectivity index is 1.70. The first-order chi connectivity index (χ1) is 11.2. The fourth-order valence-corrected chi connectivity index (χ4v) is 4.09. The summed E-state index contributed by atoms with van der Waals surface area (Å²) in [6, 6.07) is 11.6. The SMILES string of the molecule is COc1cccc(C[S@@](=O)Cc2nc(-c3cccs3)oc2C)c1. The first kappa shape index (κ1) is 16.0. The van der Waals surface area contributed by atoms with Crippen molar-refractivity contribution in [2.45, 2.75) is 18.4 Å². The summed E-state index contributed by atoms with van der Waals surface area (Å²) in [4.78, 5) is 5.48. The molecule has 0 saturated heterocycles. The van der Waals surface area contributed by atoms with Gasteiger partial charge in [-0.15, -0.1) is 11.3 Å². The third-order valence-corrected chi connectivity index (χ3v) is 5.49. The van der Waals surface area contributed by atoms with Crippen LogP contribution in [0.15, 0.2) is 46.2 Å². The van der Waals surface area contributed by atoms with E-state index in [1.165, 1.54) is 0 Å². The second kappa shape index (κ2) is 7.10. The third-order valence-electron chi connectivity index (χ3n) is 3.38. The van der Waals surface area contributed by atoms with Gasteiger partial charge in [0.05, 0.1) is 23.4 Å². The second-order valence-electron chi connectivity index (χ2n) is 5.08. The van der Waals surface area contributed by atoms with Crippen LogP contribution < -0.4 is 4.74 Å². The molecule has 0 amide bonds. The minimum atomic E-state index is -1.05. The van der Waals surface area contributed by atoms with Gasteiger partial charge < -0.3 is 9.15 Å². The minimum absolute atomic E-state index is 0.387. The van der Waals surface area contributed by atoms with E-state index >= 15 is 0 Å². The molecule has 3 rings (SSSR count). The molecule has 2 heterocycles. The van der Waals surface area contributed by atoms with Crippen molar-refractivity contribution in [3.05, 3.63) is 58.8 Å². The number of nitrogens with zero attached hydrogens (tertiary/aromatic N) is 1. The zero-order valence-corrected chi connectivity index (χ0v) is 14.6. The van der Waals surface area contributed by atoms with E-state index in [0.717, 1.165) is 27.6 Å². The smallest absolute Gasteiger partial charge is 0.236 e. The predicted molar refractivity (Wildman–Crippen MR) is 93.1 cm³/mol. The summed E-state index contributed by atoms with van der Waals surface area (Å²) in [5.41, 5.74) is 1.75. The fourth-order valence-electron chi connectivity index (χ4n) is 2.22. The lowest BCUT2D eigenvalue weighted by Crippen LogP contribution is -2.01. The van der Waals surface area contributed by atoms with E-state index in [2.05, 4.69) is 4.98 Å². The lowest BCUT2D eigenvalue weighted by atomic mass is 10.2. The van der Waals surface area contributed by atoms with Crippen molar-refractivity contribution in [2.24, 2.45) is 0 Å². The van der Waals surface area contributed by atoms with Crippen LogP contribution in [0.4, 0.5) is 0 Å². The molecule has 0 aliphatic heterocycles. The van der Waals surface area contributed by atoms with Crippen LogP contribution in [0, 0.1) is 6.92 Å². The van der Waals surface area contributed by atoms with Crippen molar-refractivity contribution in [3.63, 3.8) is 0 Å². The summed E-state index contributed by atoms with van der Waals surface area (Å²) < 4.78 is 23.3. The number of ether oxygens (including phenoxy) is 1. The van der Waals surface area contributed by atoms with Gasteiger partial charge in [-0.05, 0) is 36.1 Å². The van der Waals surface area contributed by atoms with Crippen LogP contribution in [0.1, 0.15) is 17.0 Å². The number of benzene rings is 1. The van der Waals surface area contributed by atoms with Crippen molar-refractivity contribution >= 4 is 22.1 Å². The van der Waals surface area contributed by atoms with Crippen molar-refractivity contribution in [3.8, 4) is 16.5 Å². The monoisotopic (exact) mass is 347 g/mol. The molecule has 0 N–H and O–H groups in total. The highest BCUT2D eigenvalue weighted by Gasteiger charge is 2.15. The molecule has 0 fully saturated rings. The first-order valence-electron chi connectivity index (χ1n) is 7.14. The van der Waals surface area contributed by atoms with Crippen LogP contribution in [0.3, 0.4) is 0 Å². The normalized spacial score (nSPS) is 12.3. The Bertz CT molecular complexity index is 809. The molecule has 1 aromatic carbocycles. The summed E-state index contributed by atoms with van der Waals surface area (Å²) in [7, 11) is 0.575. The average Bonchev–Trinajstić information content (AvgIpc) is 3.18. The number of oxazole rings is 1. The Hall–Kier alpha value is -1.92. The summed E-state index contributed by atoms with van der Waals surface area (Å²) >= 11 is 1.58. The highest BCUT2D eigenvalue weighted by Crippen LogP contribution is 2.26. The molecular weight excluding hydrogens is 330 g/mol. The Labute approximate surface area is 141 Å². The molecule has 23 heavy (non-hydrogen) atoms. The molecule has 0 saturated carbocycles.